The zero-order valence-corrected chi connectivity index (χ0v) is 13.0. The lowest BCUT2D eigenvalue weighted by atomic mass is 10.2. The fourth-order valence-electron chi connectivity index (χ4n) is 1.77. The van der Waals surface area contributed by atoms with E-state index in [9.17, 15) is 17.6 Å². The van der Waals surface area contributed by atoms with Crippen LogP contribution in [0.15, 0.2) is 47.9 Å². The number of anilines is 1. The van der Waals surface area contributed by atoms with Crippen LogP contribution in [0.4, 0.5) is 10.1 Å². The van der Waals surface area contributed by atoms with Crippen molar-refractivity contribution in [3.8, 4) is 0 Å². The standard InChI is InChI=1S/C16H14FNO4S/c1-11-2-4-12(5-3-11)8-9-23(21,22)18-15-10-13(16(19)20)6-7-14(15)17/h2-10,18H,1H3,(H,19,20). The van der Waals surface area contributed by atoms with Gasteiger partial charge in [-0.3, -0.25) is 4.72 Å². The average molecular weight is 335 g/mol. The van der Waals surface area contributed by atoms with E-state index in [1.165, 1.54) is 6.08 Å². The number of rotatable bonds is 5. The van der Waals surface area contributed by atoms with Crippen molar-refractivity contribution in [2.24, 2.45) is 0 Å². The highest BCUT2D eigenvalue weighted by atomic mass is 32.2. The fraction of sp³-hybridized carbons (Fsp3) is 0.0625. The van der Waals surface area contributed by atoms with E-state index in [0.717, 1.165) is 29.2 Å². The van der Waals surface area contributed by atoms with Gasteiger partial charge in [0.15, 0.2) is 0 Å². The lowest BCUT2D eigenvalue weighted by molar-refractivity contribution is 0.0697. The van der Waals surface area contributed by atoms with Crippen LogP contribution in [0.5, 0.6) is 0 Å². The molecular weight excluding hydrogens is 321 g/mol. The number of aryl methyl sites for hydroxylation is 1. The summed E-state index contributed by atoms with van der Waals surface area (Å²) in [6.45, 7) is 1.91. The lowest BCUT2D eigenvalue weighted by Crippen LogP contribution is -2.11. The van der Waals surface area contributed by atoms with Crippen LogP contribution in [0.25, 0.3) is 6.08 Å². The van der Waals surface area contributed by atoms with Crippen LogP contribution < -0.4 is 4.72 Å². The third-order valence-corrected chi connectivity index (χ3v) is 3.98. The molecule has 0 radical (unpaired) electrons. The van der Waals surface area contributed by atoms with Crippen molar-refractivity contribution < 1.29 is 22.7 Å². The molecule has 0 saturated heterocycles. The van der Waals surface area contributed by atoms with Crippen molar-refractivity contribution >= 4 is 27.8 Å². The molecule has 2 aromatic carbocycles. The van der Waals surface area contributed by atoms with Gasteiger partial charge in [-0.15, -0.1) is 0 Å². The zero-order valence-electron chi connectivity index (χ0n) is 12.2. The number of carbonyl (C=O) groups is 1. The Hall–Kier alpha value is -2.67. The lowest BCUT2D eigenvalue weighted by Gasteiger charge is -2.06. The van der Waals surface area contributed by atoms with Gasteiger partial charge in [-0.05, 0) is 36.8 Å². The molecule has 0 amide bonds. The number of carboxylic acids is 1. The molecule has 0 aliphatic heterocycles. The molecular formula is C16H14FNO4S. The van der Waals surface area contributed by atoms with E-state index in [1.54, 1.807) is 12.1 Å². The van der Waals surface area contributed by atoms with Crippen molar-refractivity contribution in [1.82, 2.24) is 0 Å². The topological polar surface area (TPSA) is 83.5 Å². The minimum Gasteiger partial charge on any atom is -0.478 e. The van der Waals surface area contributed by atoms with Crippen molar-refractivity contribution in [2.75, 3.05) is 4.72 Å². The molecule has 5 nitrogen and oxygen atoms in total. The molecule has 23 heavy (non-hydrogen) atoms. The van der Waals surface area contributed by atoms with E-state index in [-0.39, 0.29) is 5.56 Å². The van der Waals surface area contributed by atoms with E-state index in [4.69, 9.17) is 5.11 Å². The predicted octanol–water partition coefficient (Wildman–Crippen LogP) is 3.24. The summed E-state index contributed by atoms with van der Waals surface area (Å²) in [6.07, 6.45) is 1.36. The van der Waals surface area contributed by atoms with Crippen LogP contribution in [0.3, 0.4) is 0 Å². The maximum absolute atomic E-state index is 13.6. The number of benzene rings is 2. The minimum absolute atomic E-state index is 0.216. The molecule has 2 rings (SSSR count). The maximum Gasteiger partial charge on any atom is 0.335 e. The molecule has 7 heteroatoms. The average Bonchev–Trinajstić information content (AvgIpc) is 2.48. The predicted molar refractivity (Wildman–Crippen MR) is 86.1 cm³/mol. The molecule has 0 atom stereocenters. The third-order valence-electron chi connectivity index (χ3n) is 2.98. The Kier molecular flexibility index (Phi) is 4.80. The first-order valence-corrected chi connectivity index (χ1v) is 8.12. The Morgan fingerprint density at radius 2 is 1.83 bits per heavy atom. The first kappa shape index (κ1) is 16.7. The van der Waals surface area contributed by atoms with E-state index in [0.29, 0.717) is 5.56 Å². The molecule has 120 valence electrons. The fourth-order valence-corrected chi connectivity index (χ4v) is 2.64. The maximum atomic E-state index is 13.6. The molecule has 0 heterocycles. The van der Waals surface area contributed by atoms with E-state index in [2.05, 4.69) is 0 Å². The van der Waals surface area contributed by atoms with Crippen LogP contribution in [0.2, 0.25) is 0 Å². The molecule has 0 aromatic heterocycles. The second-order valence-electron chi connectivity index (χ2n) is 4.86. The zero-order chi connectivity index (χ0) is 17.0. The molecule has 0 fully saturated rings. The van der Waals surface area contributed by atoms with Gasteiger partial charge in [0.2, 0.25) is 0 Å². The van der Waals surface area contributed by atoms with E-state index >= 15 is 0 Å². The largest absolute Gasteiger partial charge is 0.478 e. The van der Waals surface area contributed by atoms with E-state index < -0.39 is 27.5 Å². The Bertz CT molecular complexity index is 858. The molecule has 0 unspecified atom stereocenters. The minimum atomic E-state index is -3.97. The van der Waals surface area contributed by atoms with Crippen molar-refractivity contribution in [3.63, 3.8) is 0 Å². The van der Waals surface area contributed by atoms with Crippen LogP contribution in [-0.2, 0) is 10.0 Å². The second kappa shape index (κ2) is 6.62. The number of nitrogens with one attached hydrogen (secondary N) is 1. The van der Waals surface area contributed by atoms with Gasteiger partial charge in [0.05, 0.1) is 16.7 Å². The van der Waals surface area contributed by atoms with Gasteiger partial charge in [0.25, 0.3) is 10.0 Å². The Morgan fingerprint density at radius 1 is 1.17 bits per heavy atom. The third kappa shape index (κ3) is 4.65. The number of carboxylic acid groups (broad SMARTS) is 1. The first-order chi connectivity index (χ1) is 10.8. The number of halogens is 1. The van der Waals surface area contributed by atoms with Crippen LogP contribution in [0, 0.1) is 12.7 Å². The van der Waals surface area contributed by atoms with E-state index in [1.807, 2.05) is 23.8 Å². The normalized spacial score (nSPS) is 11.6. The molecule has 0 aliphatic carbocycles. The van der Waals surface area contributed by atoms with Crippen LogP contribution in [-0.4, -0.2) is 19.5 Å². The second-order valence-corrected chi connectivity index (χ2v) is 6.43. The van der Waals surface area contributed by atoms with Gasteiger partial charge >= 0.3 is 5.97 Å². The van der Waals surface area contributed by atoms with Gasteiger partial charge in [-0.2, -0.15) is 0 Å². The Balaban J connectivity index is 2.22. The Morgan fingerprint density at radius 3 is 2.43 bits per heavy atom. The highest BCUT2D eigenvalue weighted by Gasteiger charge is 2.13. The van der Waals surface area contributed by atoms with Crippen molar-refractivity contribution in [3.05, 3.63) is 70.4 Å². The molecule has 2 N–H and O–H groups in total. The smallest absolute Gasteiger partial charge is 0.335 e. The van der Waals surface area contributed by atoms with Crippen LogP contribution in [0.1, 0.15) is 21.5 Å². The summed E-state index contributed by atoms with van der Waals surface area (Å²) in [7, 11) is -3.97. The summed E-state index contributed by atoms with van der Waals surface area (Å²) in [4.78, 5) is 10.9. The van der Waals surface area contributed by atoms with Gasteiger partial charge in [-0.25, -0.2) is 17.6 Å². The molecule has 0 bridgehead atoms. The highest BCUT2D eigenvalue weighted by molar-refractivity contribution is 7.95. The summed E-state index contributed by atoms with van der Waals surface area (Å²) in [5, 5.41) is 9.75. The quantitative estimate of drug-likeness (QED) is 0.878. The summed E-state index contributed by atoms with van der Waals surface area (Å²) in [5.74, 6) is -2.14. The van der Waals surface area contributed by atoms with Gasteiger partial charge in [0.1, 0.15) is 5.82 Å². The monoisotopic (exact) mass is 335 g/mol. The first-order valence-electron chi connectivity index (χ1n) is 6.57. The Labute approximate surface area is 133 Å². The highest BCUT2D eigenvalue weighted by Crippen LogP contribution is 2.18. The van der Waals surface area contributed by atoms with Crippen molar-refractivity contribution in [2.45, 2.75) is 6.92 Å². The van der Waals surface area contributed by atoms with Gasteiger partial charge in [-0.1, -0.05) is 29.8 Å². The van der Waals surface area contributed by atoms with Gasteiger partial charge in [0, 0.05) is 0 Å². The summed E-state index contributed by atoms with van der Waals surface area (Å²) in [6, 6.07) is 10.0. The summed E-state index contributed by atoms with van der Waals surface area (Å²) in [5.41, 5.74) is 1.07. The SMILES string of the molecule is Cc1ccc(C=CS(=O)(=O)Nc2cc(C(=O)O)ccc2F)cc1. The van der Waals surface area contributed by atoms with Crippen molar-refractivity contribution in [1.29, 1.82) is 0 Å². The van der Waals surface area contributed by atoms with Crippen LogP contribution >= 0.6 is 0 Å². The molecule has 0 aliphatic rings. The summed E-state index contributed by atoms with van der Waals surface area (Å²) < 4.78 is 39.6. The number of aromatic carboxylic acids is 1. The number of sulfonamides is 1. The van der Waals surface area contributed by atoms with Gasteiger partial charge < -0.3 is 5.11 Å². The molecule has 0 spiro atoms. The summed E-state index contributed by atoms with van der Waals surface area (Å²) >= 11 is 0. The number of hydrogen-bond donors (Lipinski definition) is 2. The molecule has 0 saturated carbocycles. The number of hydrogen-bond acceptors (Lipinski definition) is 3. The molecule has 2 aromatic rings.